The number of thioether (sulfide) groups is 1. The van der Waals surface area contributed by atoms with Gasteiger partial charge in [-0.15, -0.1) is 10.2 Å². The van der Waals surface area contributed by atoms with Crippen molar-refractivity contribution in [2.24, 2.45) is 7.05 Å². The predicted molar refractivity (Wildman–Crippen MR) is 112 cm³/mol. The first-order valence-electron chi connectivity index (χ1n) is 8.43. The van der Waals surface area contributed by atoms with Gasteiger partial charge in [-0.3, -0.25) is 4.79 Å². The molecule has 1 heterocycles. The molecule has 1 atom stereocenters. The second-order valence-corrected chi connectivity index (χ2v) is 7.66. The third-order valence-electron chi connectivity index (χ3n) is 3.85. The van der Waals surface area contributed by atoms with Crippen LogP contribution in [0.15, 0.2) is 53.7 Å². The summed E-state index contributed by atoms with van der Waals surface area (Å²) in [4.78, 5) is 12.2. The normalized spacial score (nSPS) is 11.9. The molecular formula is C19H18Cl2N4O2S. The summed E-state index contributed by atoms with van der Waals surface area (Å²) in [7, 11) is 1.83. The van der Waals surface area contributed by atoms with E-state index < -0.39 is 0 Å². The molecule has 0 fully saturated rings. The van der Waals surface area contributed by atoms with E-state index in [2.05, 4.69) is 15.5 Å². The molecule has 28 heavy (non-hydrogen) atoms. The van der Waals surface area contributed by atoms with Crippen LogP contribution in [0, 0.1) is 0 Å². The van der Waals surface area contributed by atoms with Gasteiger partial charge in [0.25, 0.3) is 0 Å². The van der Waals surface area contributed by atoms with Crippen molar-refractivity contribution >= 4 is 46.6 Å². The van der Waals surface area contributed by atoms with Gasteiger partial charge in [0.15, 0.2) is 17.1 Å². The van der Waals surface area contributed by atoms with Crippen LogP contribution in [0.4, 0.5) is 5.69 Å². The van der Waals surface area contributed by atoms with Gasteiger partial charge in [0, 0.05) is 7.05 Å². The maximum atomic E-state index is 12.2. The van der Waals surface area contributed by atoms with Crippen molar-refractivity contribution in [2.75, 3.05) is 11.1 Å². The lowest BCUT2D eigenvalue weighted by Crippen LogP contribution is -2.15. The number of aromatic nitrogens is 3. The summed E-state index contributed by atoms with van der Waals surface area (Å²) < 4.78 is 7.69. The van der Waals surface area contributed by atoms with Crippen LogP contribution in [0.25, 0.3) is 0 Å². The van der Waals surface area contributed by atoms with Gasteiger partial charge < -0.3 is 14.6 Å². The summed E-state index contributed by atoms with van der Waals surface area (Å²) in [6.45, 7) is 1.87. The molecule has 1 unspecified atom stereocenters. The zero-order valence-electron chi connectivity index (χ0n) is 15.2. The molecule has 1 N–H and O–H groups in total. The number of ether oxygens (including phenoxy) is 1. The third kappa shape index (κ3) is 4.98. The molecule has 146 valence electrons. The Hall–Kier alpha value is -2.22. The number of hydrogen-bond donors (Lipinski definition) is 1. The molecule has 0 radical (unpaired) electrons. The Kier molecular flexibility index (Phi) is 6.83. The lowest BCUT2D eigenvalue weighted by Gasteiger charge is -2.15. The zero-order valence-corrected chi connectivity index (χ0v) is 17.6. The van der Waals surface area contributed by atoms with Gasteiger partial charge in [-0.05, 0) is 31.2 Å². The summed E-state index contributed by atoms with van der Waals surface area (Å²) in [6.07, 6.45) is -0.358. The van der Waals surface area contributed by atoms with Gasteiger partial charge in [0.05, 0.1) is 21.5 Å². The summed E-state index contributed by atoms with van der Waals surface area (Å²) in [5, 5.41) is 12.8. The number of benzene rings is 2. The molecule has 0 aliphatic carbocycles. The minimum atomic E-state index is -0.358. The smallest absolute Gasteiger partial charge is 0.234 e. The van der Waals surface area contributed by atoms with E-state index in [9.17, 15) is 4.79 Å². The highest BCUT2D eigenvalue weighted by atomic mass is 35.5. The van der Waals surface area contributed by atoms with Crippen molar-refractivity contribution in [3.8, 4) is 5.75 Å². The van der Waals surface area contributed by atoms with Gasteiger partial charge >= 0.3 is 0 Å². The number of nitrogens with one attached hydrogen (secondary N) is 1. The van der Waals surface area contributed by atoms with Crippen molar-refractivity contribution in [2.45, 2.75) is 18.2 Å². The topological polar surface area (TPSA) is 69.0 Å². The molecule has 9 heteroatoms. The van der Waals surface area contributed by atoms with Gasteiger partial charge in [0.1, 0.15) is 5.75 Å². The SMILES string of the molecule is CC(Oc1ccccc1Cl)c1nnc(SCC(=O)Nc2ccccc2Cl)n1C. The van der Waals surface area contributed by atoms with Crippen molar-refractivity contribution in [1.29, 1.82) is 0 Å². The fraction of sp³-hybridized carbons (Fsp3) is 0.211. The number of anilines is 1. The quantitative estimate of drug-likeness (QED) is 0.528. The highest BCUT2D eigenvalue weighted by molar-refractivity contribution is 7.99. The van der Waals surface area contributed by atoms with Crippen molar-refractivity contribution in [1.82, 2.24) is 14.8 Å². The number of para-hydroxylation sites is 2. The number of amides is 1. The number of hydrogen-bond acceptors (Lipinski definition) is 5. The van der Waals surface area contributed by atoms with Gasteiger partial charge in [-0.2, -0.15) is 0 Å². The second kappa shape index (κ2) is 9.32. The summed E-state index contributed by atoms with van der Waals surface area (Å²) in [6, 6.07) is 14.3. The van der Waals surface area contributed by atoms with E-state index in [1.807, 2.05) is 32.2 Å². The van der Waals surface area contributed by atoms with Gasteiger partial charge in [-0.25, -0.2) is 0 Å². The molecule has 0 bridgehead atoms. The van der Waals surface area contributed by atoms with E-state index in [1.165, 1.54) is 11.8 Å². The number of halogens is 2. The summed E-state index contributed by atoms with van der Waals surface area (Å²) >= 11 is 13.5. The van der Waals surface area contributed by atoms with Crippen LogP contribution in [-0.4, -0.2) is 26.4 Å². The number of carbonyl (C=O) groups is 1. The Labute approximate surface area is 177 Å². The fourth-order valence-corrected chi connectivity index (χ4v) is 3.55. The maximum Gasteiger partial charge on any atom is 0.234 e. The molecule has 0 saturated heterocycles. The summed E-state index contributed by atoms with van der Waals surface area (Å²) in [5.74, 6) is 1.21. The first kappa shape index (κ1) is 20.5. The van der Waals surface area contributed by atoms with Gasteiger partial charge in [0.2, 0.25) is 5.91 Å². The predicted octanol–water partition coefficient (Wildman–Crippen LogP) is 4.99. The lowest BCUT2D eigenvalue weighted by molar-refractivity contribution is -0.113. The Morgan fingerprint density at radius 1 is 1.14 bits per heavy atom. The van der Waals surface area contributed by atoms with Crippen LogP contribution in [0.3, 0.4) is 0 Å². The van der Waals surface area contributed by atoms with E-state index in [4.69, 9.17) is 27.9 Å². The Bertz CT molecular complexity index is 980. The summed E-state index contributed by atoms with van der Waals surface area (Å²) in [5.41, 5.74) is 0.579. The van der Waals surface area contributed by atoms with E-state index in [1.54, 1.807) is 34.9 Å². The van der Waals surface area contributed by atoms with Crippen molar-refractivity contribution < 1.29 is 9.53 Å². The number of nitrogens with zero attached hydrogens (tertiary/aromatic N) is 3. The van der Waals surface area contributed by atoms with E-state index in [-0.39, 0.29) is 17.8 Å². The molecule has 2 aromatic carbocycles. The van der Waals surface area contributed by atoms with E-state index in [0.29, 0.717) is 32.5 Å². The Morgan fingerprint density at radius 2 is 1.82 bits per heavy atom. The lowest BCUT2D eigenvalue weighted by atomic mass is 10.3. The zero-order chi connectivity index (χ0) is 20.1. The average Bonchev–Trinajstić information content (AvgIpc) is 3.04. The van der Waals surface area contributed by atoms with Crippen LogP contribution < -0.4 is 10.1 Å². The minimum Gasteiger partial charge on any atom is -0.481 e. The van der Waals surface area contributed by atoms with Crippen LogP contribution in [0.5, 0.6) is 5.75 Å². The molecule has 6 nitrogen and oxygen atoms in total. The third-order valence-corrected chi connectivity index (χ3v) is 5.51. The van der Waals surface area contributed by atoms with E-state index in [0.717, 1.165) is 0 Å². The average molecular weight is 437 g/mol. The van der Waals surface area contributed by atoms with Crippen LogP contribution in [0.1, 0.15) is 18.9 Å². The molecule has 0 aliphatic heterocycles. The maximum absolute atomic E-state index is 12.2. The monoisotopic (exact) mass is 436 g/mol. The molecule has 0 saturated carbocycles. The highest BCUT2D eigenvalue weighted by Gasteiger charge is 2.19. The van der Waals surface area contributed by atoms with Crippen LogP contribution >= 0.6 is 35.0 Å². The Balaban J connectivity index is 1.60. The van der Waals surface area contributed by atoms with Gasteiger partial charge in [-0.1, -0.05) is 59.2 Å². The second-order valence-electron chi connectivity index (χ2n) is 5.91. The standard InChI is InChI=1S/C19H18Cl2N4O2S/c1-12(27-16-10-6-4-8-14(16)21)18-23-24-19(25(18)2)28-11-17(26)22-15-9-5-3-7-13(15)20/h3-10,12H,11H2,1-2H3,(H,22,26). The minimum absolute atomic E-state index is 0.178. The highest BCUT2D eigenvalue weighted by Crippen LogP contribution is 2.29. The first-order valence-corrected chi connectivity index (χ1v) is 10.2. The van der Waals surface area contributed by atoms with Crippen LogP contribution in [0.2, 0.25) is 10.0 Å². The van der Waals surface area contributed by atoms with Crippen LogP contribution in [-0.2, 0) is 11.8 Å². The van der Waals surface area contributed by atoms with Crippen molar-refractivity contribution in [3.63, 3.8) is 0 Å². The van der Waals surface area contributed by atoms with Crippen molar-refractivity contribution in [3.05, 3.63) is 64.4 Å². The number of rotatable bonds is 7. The first-order chi connectivity index (χ1) is 13.5. The molecule has 1 amide bonds. The molecule has 3 rings (SSSR count). The largest absolute Gasteiger partial charge is 0.481 e. The number of carbonyl (C=O) groups excluding carboxylic acids is 1. The molecule has 0 aliphatic rings. The Morgan fingerprint density at radius 3 is 2.54 bits per heavy atom. The molecule has 0 spiro atoms. The molecule has 3 aromatic rings. The fourth-order valence-electron chi connectivity index (χ4n) is 2.47. The van der Waals surface area contributed by atoms with E-state index >= 15 is 0 Å². The molecule has 1 aromatic heterocycles. The molecular weight excluding hydrogens is 419 g/mol.